The summed E-state index contributed by atoms with van der Waals surface area (Å²) in [7, 11) is 3.60. The molecule has 1 saturated heterocycles. The first kappa shape index (κ1) is 20.8. The Kier molecular flexibility index (Phi) is 8.04. The smallest absolute Gasteiger partial charge is 0.254 e. The van der Waals surface area contributed by atoms with Gasteiger partial charge in [-0.1, -0.05) is 0 Å². The van der Waals surface area contributed by atoms with Crippen LogP contribution in [0.15, 0.2) is 18.2 Å². The molecule has 6 heteroatoms. The molecule has 1 aliphatic carbocycles. The fourth-order valence-electron chi connectivity index (χ4n) is 3.97. The molecule has 2 fully saturated rings. The third kappa shape index (κ3) is 5.04. The number of carbonyl (C=O) groups excluding carboxylic acids is 1. The normalized spacial score (nSPS) is 20.5. The third-order valence-corrected chi connectivity index (χ3v) is 5.31. The summed E-state index contributed by atoms with van der Waals surface area (Å²) in [5, 5.41) is 3.22. The molecule has 1 amide bonds. The van der Waals surface area contributed by atoms with Crippen LogP contribution >= 0.6 is 12.4 Å². The summed E-state index contributed by atoms with van der Waals surface area (Å²) in [6.07, 6.45) is 7.19. The number of piperidine rings is 1. The van der Waals surface area contributed by atoms with E-state index in [1.54, 1.807) is 7.11 Å². The number of carbonyl (C=O) groups is 1. The second kappa shape index (κ2) is 10.0. The van der Waals surface area contributed by atoms with Crippen LogP contribution in [-0.2, 0) is 0 Å². The Bertz CT molecular complexity index is 588. The van der Waals surface area contributed by atoms with Crippen molar-refractivity contribution in [3.05, 3.63) is 23.8 Å². The second-order valence-electron chi connectivity index (χ2n) is 7.21. The summed E-state index contributed by atoms with van der Waals surface area (Å²) in [6, 6.07) is 5.59. The van der Waals surface area contributed by atoms with Crippen LogP contribution in [0.2, 0.25) is 0 Å². The van der Waals surface area contributed by atoms with Crippen molar-refractivity contribution in [3.63, 3.8) is 0 Å². The zero-order valence-electron chi connectivity index (χ0n) is 15.8. The van der Waals surface area contributed by atoms with Gasteiger partial charge in [-0.3, -0.25) is 4.79 Å². The summed E-state index contributed by atoms with van der Waals surface area (Å²) in [5.41, 5.74) is 0.681. The minimum atomic E-state index is 0. The quantitative estimate of drug-likeness (QED) is 0.817. The van der Waals surface area contributed by atoms with Gasteiger partial charge >= 0.3 is 0 Å². The van der Waals surface area contributed by atoms with Gasteiger partial charge < -0.3 is 19.7 Å². The Balaban J connectivity index is 0.00000243. The Morgan fingerprint density at radius 3 is 2.65 bits per heavy atom. The fraction of sp³-hybridized carbons (Fsp3) is 0.650. The molecule has 3 rings (SSSR count). The van der Waals surface area contributed by atoms with Gasteiger partial charge in [0.15, 0.2) is 11.5 Å². The van der Waals surface area contributed by atoms with Crippen LogP contribution in [0.4, 0.5) is 0 Å². The highest BCUT2D eigenvalue weighted by atomic mass is 35.5. The van der Waals surface area contributed by atoms with E-state index in [-0.39, 0.29) is 24.4 Å². The van der Waals surface area contributed by atoms with E-state index < -0.39 is 0 Å². The van der Waals surface area contributed by atoms with Gasteiger partial charge in [0.2, 0.25) is 0 Å². The van der Waals surface area contributed by atoms with E-state index in [0.29, 0.717) is 17.2 Å². The van der Waals surface area contributed by atoms with Crippen molar-refractivity contribution in [1.82, 2.24) is 10.2 Å². The lowest BCUT2D eigenvalue weighted by atomic mass is 9.97. The number of halogens is 1. The van der Waals surface area contributed by atoms with E-state index in [4.69, 9.17) is 9.47 Å². The highest BCUT2D eigenvalue weighted by Crippen LogP contribution is 2.33. The molecule has 1 atom stereocenters. The zero-order chi connectivity index (χ0) is 17.6. The number of hydrogen-bond acceptors (Lipinski definition) is 4. The number of rotatable bonds is 6. The Morgan fingerprint density at radius 1 is 1.19 bits per heavy atom. The van der Waals surface area contributed by atoms with Crippen LogP contribution in [0.1, 0.15) is 48.9 Å². The molecule has 1 aromatic carbocycles. The van der Waals surface area contributed by atoms with Crippen molar-refractivity contribution in [2.45, 2.75) is 44.6 Å². The van der Waals surface area contributed by atoms with E-state index in [2.05, 4.69) is 5.32 Å². The average Bonchev–Trinajstić information content (AvgIpc) is 3.15. The minimum Gasteiger partial charge on any atom is -0.493 e. The monoisotopic (exact) mass is 382 g/mol. The maximum Gasteiger partial charge on any atom is 0.254 e. The van der Waals surface area contributed by atoms with Gasteiger partial charge in [0.25, 0.3) is 5.91 Å². The number of amides is 1. The molecule has 1 aromatic rings. The number of hydrogen-bond donors (Lipinski definition) is 1. The van der Waals surface area contributed by atoms with Crippen molar-refractivity contribution < 1.29 is 14.3 Å². The largest absolute Gasteiger partial charge is 0.493 e. The zero-order valence-corrected chi connectivity index (χ0v) is 16.6. The molecule has 1 aliphatic heterocycles. The van der Waals surface area contributed by atoms with Crippen molar-refractivity contribution in [2.24, 2.45) is 5.92 Å². The predicted octanol–water partition coefficient (Wildman–Crippen LogP) is 3.51. The van der Waals surface area contributed by atoms with Crippen molar-refractivity contribution in [1.29, 1.82) is 0 Å². The SMILES string of the molecule is CNCC1CCCN(C(=O)c2ccc(OC3CCCC3)c(OC)c2)C1.Cl. The number of nitrogens with one attached hydrogen (secondary N) is 1. The van der Waals surface area contributed by atoms with Crippen LogP contribution in [0, 0.1) is 5.92 Å². The lowest BCUT2D eigenvalue weighted by Crippen LogP contribution is -2.42. The molecule has 1 N–H and O–H groups in total. The topological polar surface area (TPSA) is 50.8 Å². The van der Waals surface area contributed by atoms with E-state index in [1.165, 1.54) is 19.3 Å². The van der Waals surface area contributed by atoms with E-state index in [0.717, 1.165) is 44.6 Å². The molecule has 0 spiro atoms. The predicted molar refractivity (Wildman–Crippen MR) is 106 cm³/mol. The number of ether oxygens (including phenoxy) is 2. The number of methoxy groups -OCH3 is 1. The first-order valence-corrected chi connectivity index (χ1v) is 9.50. The molecular weight excluding hydrogens is 352 g/mol. The van der Waals surface area contributed by atoms with Gasteiger partial charge in [-0.15, -0.1) is 12.4 Å². The van der Waals surface area contributed by atoms with E-state index in [9.17, 15) is 4.79 Å². The highest BCUT2D eigenvalue weighted by Gasteiger charge is 2.25. The number of likely N-dealkylation sites (tertiary alicyclic amines) is 1. The third-order valence-electron chi connectivity index (χ3n) is 5.31. The molecular formula is C20H31ClN2O3. The van der Waals surface area contributed by atoms with Gasteiger partial charge in [0.1, 0.15) is 0 Å². The van der Waals surface area contributed by atoms with Gasteiger partial charge in [-0.25, -0.2) is 0 Å². The standard InChI is InChI=1S/C20H30N2O3.ClH/c1-21-13-15-6-5-11-22(14-15)20(23)16-9-10-18(19(12-16)24-2)25-17-7-3-4-8-17;/h9-10,12,15,17,21H,3-8,11,13-14H2,1-2H3;1H. The lowest BCUT2D eigenvalue weighted by Gasteiger charge is -2.33. The summed E-state index contributed by atoms with van der Waals surface area (Å²) in [4.78, 5) is 14.9. The first-order valence-electron chi connectivity index (χ1n) is 9.50. The lowest BCUT2D eigenvalue weighted by molar-refractivity contribution is 0.0674. The molecule has 1 heterocycles. The summed E-state index contributed by atoms with van der Waals surface area (Å²) >= 11 is 0. The Morgan fingerprint density at radius 2 is 1.96 bits per heavy atom. The van der Waals surface area contributed by atoms with Crippen LogP contribution in [0.5, 0.6) is 11.5 Å². The molecule has 0 radical (unpaired) electrons. The molecule has 0 bridgehead atoms. The molecule has 146 valence electrons. The van der Waals surface area contributed by atoms with Crippen LogP contribution < -0.4 is 14.8 Å². The molecule has 26 heavy (non-hydrogen) atoms. The Labute approximate surface area is 162 Å². The van der Waals surface area contributed by atoms with Crippen molar-refractivity contribution in [2.75, 3.05) is 33.8 Å². The maximum atomic E-state index is 12.9. The van der Waals surface area contributed by atoms with Gasteiger partial charge in [0.05, 0.1) is 13.2 Å². The molecule has 0 aromatic heterocycles. The van der Waals surface area contributed by atoms with E-state index in [1.807, 2.05) is 30.1 Å². The number of benzene rings is 1. The van der Waals surface area contributed by atoms with Gasteiger partial charge in [0, 0.05) is 18.7 Å². The Hall–Kier alpha value is -1.46. The molecule has 2 aliphatic rings. The van der Waals surface area contributed by atoms with Crippen LogP contribution in [0.3, 0.4) is 0 Å². The summed E-state index contributed by atoms with van der Waals surface area (Å²) in [6.45, 7) is 2.62. The van der Waals surface area contributed by atoms with Crippen molar-refractivity contribution in [3.8, 4) is 11.5 Å². The summed E-state index contributed by atoms with van der Waals surface area (Å²) in [5.74, 6) is 2.03. The molecule has 1 unspecified atom stereocenters. The first-order chi connectivity index (χ1) is 12.2. The minimum absolute atomic E-state index is 0. The van der Waals surface area contributed by atoms with Crippen LogP contribution in [0.25, 0.3) is 0 Å². The summed E-state index contributed by atoms with van der Waals surface area (Å²) < 4.78 is 11.6. The number of nitrogens with zero attached hydrogens (tertiary/aromatic N) is 1. The fourth-order valence-corrected chi connectivity index (χ4v) is 3.97. The van der Waals surface area contributed by atoms with Crippen LogP contribution in [-0.4, -0.2) is 50.7 Å². The van der Waals surface area contributed by atoms with Gasteiger partial charge in [-0.2, -0.15) is 0 Å². The average molecular weight is 383 g/mol. The highest BCUT2D eigenvalue weighted by molar-refractivity contribution is 5.95. The maximum absolute atomic E-state index is 12.9. The van der Waals surface area contributed by atoms with E-state index >= 15 is 0 Å². The molecule has 1 saturated carbocycles. The second-order valence-corrected chi connectivity index (χ2v) is 7.21. The molecule has 5 nitrogen and oxygen atoms in total. The van der Waals surface area contributed by atoms with Gasteiger partial charge in [-0.05, 0) is 76.2 Å². The van der Waals surface area contributed by atoms with Crippen molar-refractivity contribution >= 4 is 18.3 Å².